The molecule has 2 heterocycles. The molecule has 1 fully saturated rings. The van der Waals surface area contributed by atoms with Gasteiger partial charge < -0.3 is 10.0 Å². The van der Waals surface area contributed by atoms with Gasteiger partial charge in [-0.2, -0.15) is 0 Å². The molecule has 1 saturated heterocycles. The van der Waals surface area contributed by atoms with Gasteiger partial charge in [0.1, 0.15) is 11.9 Å². The first-order chi connectivity index (χ1) is 9.16. The molecule has 1 aromatic rings. The number of aromatic nitrogens is 1. The van der Waals surface area contributed by atoms with Gasteiger partial charge in [0.2, 0.25) is 0 Å². The fourth-order valence-electron chi connectivity index (χ4n) is 2.94. The average Bonchev–Trinajstić information content (AvgIpc) is 2.88. The number of fused-ring (bicyclic) bond motifs is 1. The van der Waals surface area contributed by atoms with E-state index in [0.717, 1.165) is 31.5 Å². The van der Waals surface area contributed by atoms with Crippen LogP contribution in [0.25, 0.3) is 0 Å². The van der Waals surface area contributed by atoms with Crippen LogP contribution in [-0.4, -0.2) is 34.4 Å². The molecule has 19 heavy (non-hydrogen) atoms. The number of anilines is 1. The molecule has 0 spiro atoms. The second kappa shape index (κ2) is 4.64. The number of hydrogen-bond donors (Lipinski definition) is 1. The Bertz CT molecular complexity index is 541. The van der Waals surface area contributed by atoms with Crippen LogP contribution in [0.15, 0.2) is 12.1 Å². The molecule has 2 aliphatic rings. The van der Waals surface area contributed by atoms with Gasteiger partial charge >= 0.3 is 5.97 Å². The number of hydrogen-bond acceptors (Lipinski definition) is 4. The highest BCUT2D eigenvalue weighted by Crippen LogP contribution is 2.27. The van der Waals surface area contributed by atoms with Crippen molar-refractivity contribution in [1.82, 2.24) is 4.98 Å². The lowest BCUT2D eigenvalue weighted by atomic mass is 9.95. The second-order valence-corrected chi connectivity index (χ2v) is 5.13. The van der Waals surface area contributed by atoms with Crippen molar-refractivity contribution in [2.75, 3.05) is 11.4 Å². The summed E-state index contributed by atoms with van der Waals surface area (Å²) in [7, 11) is 0. The predicted molar refractivity (Wildman–Crippen MR) is 69.5 cm³/mol. The van der Waals surface area contributed by atoms with E-state index in [1.54, 1.807) is 12.1 Å². The highest BCUT2D eigenvalue weighted by molar-refractivity contribution is 5.98. The Labute approximate surface area is 111 Å². The van der Waals surface area contributed by atoms with Crippen LogP contribution < -0.4 is 4.90 Å². The first-order valence-electron chi connectivity index (χ1n) is 6.69. The number of aliphatic carboxylic acids is 1. The number of rotatable bonds is 2. The van der Waals surface area contributed by atoms with Crippen LogP contribution in [0, 0.1) is 0 Å². The van der Waals surface area contributed by atoms with Crippen molar-refractivity contribution in [3.8, 4) is 0 Å². The van der Waals surface area contributed by atoms with Crippen molar-refractivity contribution in [1.29, 1.82) is 0 Å². The van der Waals surface area contributed by atoms with Crippen LogP contribution in [0.1, 0.15) is 41.7 Å². The lowest BCUT2D eigenvalue weighted by Crippen LogP contribution is -2.36. The SMILES string of the molecule is O=C1CCCc2nc(N3CCC[C@@H]3C(=O)O)ccc21. The van der Waals surface area contributed by atoms with Crippen LogP contribution in [0.3, 0.4) is 0 Å². The largest absolute Gasteiger partial charge is 0.480 e. The summed E-state index contributed by atoms with van der Waals surface area (Å²) in [5, 5.41) is 9.20. The molecule has 0 amide bonds. The summed E-state index contributed by atoms with van der Waals surface area (Å²) < 4.78 is 0. The number of carboxylic acids is 1. The summed E-state index contributed by atoms with van der Waals surface area (Å²) in [5.41, 5.74) is 1.53. The highest BCUT2D eigenvalue weighted by Gasteiger charge is 2.32. The van der Waals surface area contributed by atoms with E-state index >= 15 is 0 Å². The number of carbonyl (C=O) groups is 2. The fraction of sp³-hybridized carbons (Fsp3) is 0.500. The van der Waals surface area contributed by atoms with Gasteiger partial charge in [-0.15, -0.1) is 0 Å². The molecule has 0 aromatic carbocycles. The summed E-state index contributed by atoms with van der Waals surface area (Å²) in [6.07, 6.45) is 3.77. The van der Waals surface area contributed by atoms with Crippen molar-refractivity contribution in [3.05, 3.63) is 23.4 Å². The topological polar surface area (TPSA) is 70.5 Å². The summed E-state index contributed by atoms with van der Waals surface area (Å²) in [6, 6.07) is 3.10. The molecule has 0 bridgehead atoms. The number of carbonyl (C=O) groups excluding carboxylic acids is 1. The number of nitrogens with zero attached hydrogens (tertiary/aromatic N) is 2. The monoisotopic (exact) mass is 260 g/mol. The number of ketones is 1. The summed E-state index contributed by atoms with van der Waals surface area (Å²) in [6.45, 7) is 0.719. The maximum atomic E-state index is 11.7. The molecule has 5 heteroatoms. The average molecular weight is 260 g/mol. The van der Waals surface area contributed by atoms with Gasteiger partial charge in [0.15, 0.2) is 5.78 Å². The standard InChI is InChI=1S/C14H16N2O3/c17-12-5-1-3-10-9(12)6-7-13(15-10)16-8-2-4-11(16)14(18)19/h6-7,11H,1-5,8H2,(H,18,19)/t11-/m1/s1. The maximum Gasteiger partial charge on any atom is 0.326 e. The van der Waals surface area contributed by atoms with Gasteiger partial charge in [-0.1, -0.05) is 0 Å². The first kappa shape index (κ1) is 12.1. The lowest BCUT2D eigenvalue weighted by molar-refractivity contribution is -0.138. The number of pyridine rings is 1. The summed E-state index contributed by atoms with van der Waals surface area (Å²) in [5.74, 6) is 0.0444. The zero-order valence-corrected chi connectivity index (χ0v) is 10.6. The van der Waals surface area contributed by atoms with E-state index in [9.17, 15) is 14.7 Å². The highest BCUT2D eigenvalue weighted by atomic mass is 16.4. The lowest BCUT2D eigenvalue weighted by Gasteiger charge is -2.24. The third kappa shape index (κ3) is 2.09. The molecule has 5 nitrogen and oxygen atoms in total. The smallest absolute Gasteiger partial charge is 0.326 e. The second-order valence-electron chi connectivity index (χ2n) is 5.13. The Morgan fingerprint density at radius 2 is 2.16 bits per heavy atom. The van der Waals surface area contributed by atoms with Gasteiger partial charge in [-0.3, -0.25) is 4.79 Å². The van der Waals surface area contributed by atoms with E-state index in [4.69, 9.17) is 0 Å². The molecule has 1 aliphatic heterocycles. The molecule has 1 atom stereocenters. The van der Waals surface area contributed by atoms with E-state index in [-0.39, 0.29) is 5.78 Å². The van der Waals surface area contributed by atoms with E-state index in [1.807, 2.05) is 4.90 Å². The number of Topliss-reactive ketones (excluding diaryl/α,β-unsaturated/α-hetero) is 1. The summed E-state index contributed by atoms with van der Waals surface area (Å²) >= 11 is 0. The predicted octanol–water partition coefficient (Wildman–Crippen LogP) is 1.65. The normalized spacial score (nSPS) is 22.4. The molecule has 3 rings (SSSR count). The van der Waals surface area contributed by atoms with Crippen molar-refractivity contribution in [2.24, 2.45) is 0 Å². The van der Waals surface area contributed by atoms with Crippen LogP contribution >= 0.6 is 0 Å². The van der Waals surface area contributed by atoms with Crippen LogP contribution in [0.5, 0.6) is 0 Å². The van der Waals surface area contributed by atoms with Crippen molar-refractivity contribution in [3.63, 3.8) is 0 Å². The number of carboxylic acid groups (broad SMARTS) is 1. The molecule has 100 valence electrons. The van der Waals surface area contributed by atoms with Gasteiger partial charge in [0, 0.05) is 18.5 Å². The molecule has 0 unspecified atom stereocenters. The minimum Gasteiger partial charge on any atom is -0.480 e. The van der Waals surface area contributed by atoms with Gasteiger partial charge in [-0.05, 0) is 37.8 Å². The molecule has 0 radical (unpaired) electrons. The Balaban J connectivity index is 1.94. The minimum absolute atomic E-state index is 0.150. The van der Waals surface area contributed by atoms with Crippen LogP contribution in [0.4, 0.5) is 5.82 Å². The van der Waals surface area contributed by atoms with Crippen molar-refractivity contribution < 1.29 is 14.7 Å². The zero-order chi connectivity index (χ0) is 13.4. The van der Waals surface area contributed by atoms with Gasteiger partial charge in [-0.25, -0.2) is 9.78 Å². The Morgan fingerprint density at radius 3 is 2.95 bits per heavy atom. The van der Waals surface area contributed by atoms with E-state index in [0.29, 0.717) is 24.2 Å². The molecular formula is C14H16N2O3. The third-order valence-electron chi connectivity index (χ3n) is 3.91. The van der Waals surface area contributed by atoms with E-state index in [2.05, 4.69) is 4.98 Å². The maximum absolute atomic E-state index is 11.7. The molecule has 1 N–H and O–H groups in total. The van der Waals surface area contributed by atoms with Gasteiger partial charge in [0.25, 0.3) is 0 Å². The third-order valence-corrected chi connectivity index (χ3v) is 3.91. The molecule has 1 aromatic heterocycles. The molecule has 1 aliphatic carbocycles. The van der Waals surface area contributed by atoms with Crippen LogP contribution in [-0.2, 0) is 11.2 Å². The van der Waals surface area contributed by atoms with Crippen molar-refractivity contribution >= 4 is 17.6 Å². The fourth-order valence-corrected chi connectivity index (χ4v) is 2.94. The van der Waals surface area contributed by atoms with Gasteiger partial charge in [0.05, 0.1) is 5.69 Å². The Kier molecular flexibility index (Phi) is 2.97. The Morgan fingerprint density at radius 1 is 1.32 bits per heavy atom. The number of aryl methyl sites for hydroxylation is 1. The molecule has 0 saturated carbocycles. The van der Waals surface area contributed by atoms with E-state index < -0.39 is 12.0 Å². The molecular weight excluding hydrogens is 244 g/mol. The van der Waals surface area contributed by atoms with E-state index in [1.165, 1.54) is 0 Å². The van der Waals surface area contributed by atoms with Crippen LogP contribution in [0.2, 0.25) is 0 Å². The quantitative estimate of drug-likeness (QED) is 0.875. The summed E-state index contributed by atoms with van der Waals surface area (Å²) in [4.78, 5) is 29.3. The minimum atomic E-state index is -0.798. The first-order valence-corrected chi connectivity index (χ1v) is 6.69. The Hall–Kier alpha value is -1.91. The van der Waals surface area contributed by atoms with Crippen molar-refractivity contribution in [2.45, 2.75) is 38.1 Å². The zero-order valence-electron chi connectivity index (χ0n) is 10.6.